The van der Waals surface area contributed by atoms with Crippen LogP contribution in [-0.4, -0.2) is 19.6 Å². The molecule has 1 aromatic carbocycles. The van der Waals surface area contributed by atoms with Crippen LogP contribution in [0.2, 0.25) is 0 Å². The maximum Gasteiger partial charge on any atom is 0.165 e. The van der Waals surface area contributed by atoms with Gasteiger partial charge in [0.25, 0.3) is 0 Å². The summed E-state index contributed by atoms with van der Waals surface area (Å²) in [5, 5.41) is 8.19. The molecule has 0 aliphatic heterocycles. The summed E-state index contributed by atoms with van der Waals surface area (Å²) in [5.41, 5.74) is 4.63. The second-order valence-electron chi connectivity index (χ2n) is 6.96. The lowest BCUT2D eigenvalue weighted by atomic mass is 9.96. The van der Waals surface area contributed by atoms with Crippen molar-refractivity contribution in [2.45, 2.75) is 39.2 Å². The Balaban J connectivity index is 1.75. The number of anilines is 1. The Kier molecular flexibility index (Phi) is 3.11. The van der Waals surface area contributed by atoms with E-state index < -0.39 is 6.04 Å². The fourth-order valence-corrected chi connectivity index (χ4v) is 3.82. The number of fused-ring (bicyclic) bond motifs is 2. The Morgan fingerprint density at radius 1 is 1.14 bits per heavy atom. The Morgan fingerprint density at radius 2 is 2.00 bits per heavy atom. The molecule has 5 rings (SSSR count). The monoisotopic (exact) mass is 374 g/mol. The topological polar surface area (TPSA) is 55.1 Å². The Morgan fingerprint density at radius 3 is 2.82 bits per heavy atom. The third-order valence-corrected chi connectivity index (χ3v) is 5.13. The highest BCUT2D eigenvalue weighted by atomic mass is 15.3. The van der Waals surface area contributed by atoms with Gasteiger partial charge in [0.15, 0.2) is 5.65 Å². The number of aryl methyl sites for hydroxylation is 2. The van der Waals surface area contributed by atoms with E-state index in [1.807, 2.05) is 18.2 Å². The molecule has 5 heteroatoms. The number of nitrogens with zero attached hydrogens (tertiary/aromatic N) is 4. The van der Waals surface area contributed by atoms with E-state index in [1.54, 1.807) is 17.6 Å². The Bertz CT molecular complexity index is 1360. The van der Waals surface area contributed by atoms with E-state index in [4.69, 9.17) is 16.9 Å². The van der Waals surface area contributed by atoms with Gasteiger partial charge in [0.1, 0.15) is 5.82 Å². The smallest absolute Gasteiger partial charge is 0.165 e. The molecule has 5 nitrogen and oxygen atoms in total. The van der Waals surface area contributed by atoms with Crippen LogP contribution in [0.4, 0.5) is 5.82 Å². The first kappa shape index (κ1) is 12.3. The minimum absolute atomic E-state index is 0.132. The number of benzene rings is 1. The molecule has 0 bridgehead atoms. The summed E-state index contributed by atoms with van der Waals surface area (Å²) < 4.78 is 42.8. The first-order valence-corrected chi connectivity index (χ1v) is 9.50. The zero-order valence-electron chi connectivity index (χ0n) is 20.6. The molecule has 0 saturated carbocycles. The predicted molar refractivity (Wildman–Crippen MR) is 111 cm³/mol. The zero-order chi connectivity index (χ0) is 23.3. The maximum absolute atomic E-state index is 8.46. The second kappa shape index (κ2) is 7.08. The van der Waals surface area contributed by atoms with Crippen molar-refractivity contribution in [1.82, 2.24) is 19.6 Å². The van der Waals surface area contributed by atoms with Crippen molar-refractivity contribution in [2.24, 2.45) is 0 Å². The summed E-state index contributed by atoms with van der Waals surface area (Å²) in [7, 11) is 0. The van der Waals surface area contributed by atoms with Gasteiger partial charge >= 0.3 is 0 Å². The molecule has 0 atom stereocenters. The third-order valence-electron chi connectivity index (χ3n) is 5.13. The van der Waals surface area contributed by atoms with Crippen LogP contribution >= 0.6 is 0 Å². The lowest BCUT2D eigenvalue weighted by Gasteiger charge is -2.20. The molecule has 1 N–H and O–H groups in total. The third kappa shape index (κ3) is 2.93. The summed E-state index contributed by atoms with van der Waals surface area (Å²) in [4.78, 5) is 9.29. The molecule has 0 radical (unpaired) electrons. The molecule has 28 heavy (non-hydrogen) atoms. The van der Waals surface area contributed by atoms with E-state index in [2.05, 4.69) is 10.3 Å². The maximum atomic E-state index is 8.46. The molecule has 4 aromatic rings. The van der Waals surface area contributed by atoms with Crippen molar-refractivity contribution in [2.75, 3.05) is 5.32 Å². The summed E-state index contributed by atoms with van der Waals surface area (Å²) in [6.07, 6.45) is 5.56. The largest absolute Gasteiger partial charge is 0.364 e. The molecule has 3 heterocycles. The molecular formula is C23H23N5. The highest BCUT2D eigenvalue weighted by Crippen LogP contribution is 2.33. The van der Waals surface area contributed by atoms with Crippen molar-refractivity contribution in [3.05, 3.63) is 77.3 Å². The lowest BCUT2D eigenvalue weighted by Crippen LogP contribution is -2.15. The first-order valence-electron chi connectivity index (χ1n) is 12.0. The van der Waals surface area contributed by atoms with Gasteiger partial charge < -0.3 is 5.32 Å². The molecule has 1 aliphatic rings. The quantitative estimate of drug-likeness (QED) is 0.568. The van der Waals surface area contributed by atoms with Gasteiger partial charge in [-0.05, 0) is 50.3 Å². The van der Waals surface area contributed by atoms with Gasteiger partial charge in [-0.25, -0.2) is 4.98 Å². The highest BCUT2D eigenvalue weighted by molar-refractivity contribution is 5.81. The lowest BCUT2D eigenvalue weighted by molar-refractivity contribution is 0.661. The van der Waals surface area contributed by atoms with Gasteiger partial charge in [-0.1, -0.05) is 36.3 Å². The normalized spacial score (nSPS) is 16.0. The van der Waals surface area contributed by atoms with Gasteiger partial charge in [-0.3, -0.25) is 4.98 Å². The molecule has 0 spiro atoms. The molecule has 140 valence electrons. The number of hydrogen-bond acceptors (Lipinski definition) is 4. The predicted octanol–water partition coefficient (Wildman–Crippen LogP) is 4.59. The van der Waals surface area contributed by atoms with Crippen LogP contribution in [0.15, 0.2) is 54.6 Å². The first-order chi connectivity index (χ1) is 15.9. The number of nitrogens with one attached hydrogen (secondary N) is 1. The van der Waals surface area contributed by atoms with E-state index in [9.17, 15) is 0 Å². The van der Waals surface area contributed by atoms with Gasteiger partial charge in [0, 0.05) is 23.0 Å². The van der Waals surface area contributed by atoms with E-state index in [0.29, 0.717) is 23.4 Å². The van der Waals surface area contributed by atoms with E-state index in [0.717, 1.165) is 48.5 Å². The summed E-state index contributed by atoms with van der Waals surface area (Å²) in [6.45, 7) is 2.29. The van der Waals surface area contributed by atoms with Crippen molar-refractivity contribution < 1.29 is 6.85 Å². The standard InChI is InChI=1S/C23H23N5/c1-16-21(17-9-3-2-4-10-17)23-26-20-13-6-5-12-19(20)22(28(23)27-16)25-15-18-11-7-8-14-24-18/h2-4,7-11,14,25H,5-6,12-13,15H2,1H3/i2D,3D,4D,9D,10D. The highest BCUT2D eigenvalue weighted by Gasteiger charge is 2.22. The fourth-order valence-electron chi connectivity index (χ4n) is 3.82. The van der Waals surface area contributed by atoms with Gasteiger partial charge in [0.2, 0.25) is 0 Å². The number of aromatic nitrogens is 4. The molecule has 1 aliphatic carbocycles. The summed E-state index contributed by atoms with van der Waals surface area (Å²) >= 11 is 0. The zero-order valence-corrected chi connectivity index (χ0v) is 15.6. The van der Waals surface area contributed by atoms with E-state index in [1.165, 1.54) is 0 Å². The summed E-state index contributed by atoms with van der Waals surface area (Å²) in [5.74, 6) is 0.821. The van der Waals surface area contributed by atoms with Crippen LogP contribution < -0.4 is 5.32 Å². The van der Waals surface area contributed by atoms with Crippen LogP contribution in [0.1, 0.15) is 42.3 Å². The van der Waals surface area contributed by atoms with Crippen molar-refractivity contribution in [3.63, 3.8) is 0 Å². The average molecular weight is 375 g/mol. The minimum Gasteiger partial charge on any atom is -0.364 e. The van der Waals surface area contributed by atoms with Crippen molar-refractivity contribution in [1.29, 1.82) is 0 Å². The van der Waals surface area contributed by atoms with Crippen LogP contribution in [0.3, 0.4) is 0 Å². The minimum atomic E-state index is -0.411. The molecule has 0 amide bonds. The molecule has 3 aromatic heterocycles. The summed E-state index contributed by atoms with van der Waals surface area (Å²) in [6, 6.07) is 4.13. The number of hydrogen-bond donors (Lipinski definition) is 1. The van der Waals surface area contributed by atoms with Gasteiger partial charge in [0.05, 0.1) is 24.8 Å². The number of pyridine rings is 1. The van der Waals surface area contributed by atoms with Gasteiger partial charge in [-0.15, -0.1) is 0 Å². The molecule has 0 unspecified atom stereocenters. The molecule has 0 fully saturated rings. The van der Waals surface area contributed by atoms with Crippen LogP contribution in [0.25, 0.3) is 16.8 Å². The fraction of sp³-hybridized carbons (Fsp3) is 0.261. The SMILES string of the molecule is [2H]c1c([2H])c([2H])c(-c2c(C)nn3c(NCc4ccccn4)c4c(nc23)CCCC4)c([2H])c1[2H]. The van der Waals surface area contributed by atoms with Crippen LogP contribution in [0, 0.1) is 6.92 Å². The van der Waals surface area contributed by atoms with E-state index in [-0.39, 0.29) is 29.7 Å². The van der Waals surface area contributed by atoms with Gasteiger partial charge in [-0.2, -0.15) is 9.61 Å². The van der Waals surface area contributed by atoms with Crippen LogP contribution in [-0.2, 0) is 19.4 Å². The molecule has 0 saturated heterocycles. The van der Waals surface area contributed by atoms with Crippen molar-refractivity contribution >= 4 is 11.5 Å². The number of rotatable bonds is 4. The Labute approximate surface area is 171 Å². The Hall–Kier alpha value is -3.21. The second-order valence-corrected chi connectivity index (χ2v) is 6.96. The van der Waals surface area contributed by atoms with Crippen molar-refractivity contribution in [3.8, 4) is 11.1 Å². The molecular weight excluding hydrogens is 346 g/mol. The van der Waals surface area contributed by atoms with Crippen LogP contribution in [0.5, 0.6) is 0 Å². The van der Waals surface area contributed by atoms with E-state index >= 15 is 0 Å². The average Bonchev–Trinajstić information content (AvgIpc) is 3.15.